The van der Waals surface area contributed by atoms with Gasteiger partial charge in [0.15, 0.2) is 0 Å². The lowest BCUT2D eigenvalue weighted by atomic mass is 9.97. The summed E-state index contributed by atoms with van der Waals surface area (Å²) in [6, 6.07) is -0.683. The number of benzene rings is 1. The van der Waals surface area contributed by atoms with Crippen LogP contribution in [0.15, 0.2) is 12.1 Å². The highest BCUT2D eigenvalue weighted by Crippen LogP contribution is 2.17. The summed E-state index contributed by atoms with van der Waals surface area (Å²) in [6.45, 7) is 1.44. The van der Waals surface area contributed by atoms with Gasteiger partial charge in [-0.25, -0.2) is 18.0 Å². The fourth-order valence-electron chi connectivity index (χ4n) is 2.00. The van der Waals surface area contributed by atoms with Crippen molar-refractivity contribution in [2.24, 2.45) is 5.92 Å². The Balaban J connectivity index is 3.04. The van der Waals surface area contributed by atoms with Gasteiger partial charge in [-0.1, -0.05) is 6.92 Å². The second-order valence-corrected chi connectivity index (χ2v) is 4.98. The quantitative estimate of drug-likeness (QED) is 0.790. The predicted octanol–water partition coefficient (Wildman–Crippen LogP) is 1.57. The number of halogens is 3. The first-order valence-electron chi connectivity index (χ1n) is 6.81. The van der Waals surface area contributed by atoms with E-state index in [1.807, 2.05) is 0 Å². The zero-order valence-corrected chi connectivity index (χ0v) is 13.2. The Kier molecular flexibility index (Phi) is 6.75. The third kappa shape index (κ3) is 4.71. The molecule has 0 aliphatic carbocycles. The van der Waals surface area contributed by atoms with Crippen LogP contribution in [0.25, 0.3) is 0 Å². The molecule has 0 saturated heterocycles. The number of carbonyl (C=O) groups excluding carboxylic acids is 3. The van der Waals surface area contributed by atoms with E-state index in [9.17, 15) is 27.6 Å². The van der Waals surface area contributed by atoms with Crippen LogP contribution in [-0.4, -0.2) is 38.1 Å². The van der Waals surface area contributed by atoms with Crippen LogP contribution in [0.4, 0.5) is 13.2 Å². The Morgan fingerprint density at radius 2 is 1.62 bits per heavy atom. The minimum atomic E-state index is -1.42. The molecule has 1 aromatic carbocycles. The number of hydrogen-bond donors (Lipinski definition) is 1. The third-order valence-corrected chi connectivity index (χ3v) is 3.26. The molecule has 1 aromatic rings. The first kappa shape index (κ1) is 19.5. The fraction of sp³-hybridized carbons (Fsp3) is 0.400. The third-order valence-electron chi connectivity index (χ3n) is 3.26. The maximum Gasteiger partial charge on any atom is 0.328 e. The van der Waals surface area contributed by atoms with Crippen molar-refractivity contribution in [3.05, 3.63) is 35.1 Å². The summed E-state index contributed by atoms with van der Waals surface area (Å²) in [5.41, 5.74) is -1.05. The van der Waals surface area contributed by atoms with Gasteiger partial charge in [-0.3, -0.25) is 9.59 Å². The fourth-order valence-corrected chi connectivity index (χ4v) is 2.00. The van der Waals surface area contributed by atoms with Gasteiger partial charge in [0, 0.05) is 12.1 Å². The highest BCUT2D eigenvalue weighted by molar-refractivity contribution is 5.97. The highest BCUT2D eigenvalue weighted by Gasteiger charge is 2.31. The van der Waals surface area contributed by atoms with Crippen LogP contribution < -0.4 is 5.32 Å². The van der Waals surface area contributed by atoms with Crippen LogP contribution in [0.5, 0.6) is 0 Å². The average Bonchev–Trinajstić information content (AvgIpc) is 2.50. The number of carbonyl (C=O) groups is 3. The number of rotatable bonds is 6. The summed E-state index contributed by atoms with van der Waals surface area (Å²) in [4.78, 5) is 35.1. The van der Waals surface area contributed by atoms with Crippen LogP contribution in [-0.2, 0) is 19.1 Å². The maximum atomic E-state index is 13.6. The maximum absolute atomic E-state index is 13.6. The number of hydrogen-bond acceptors (Lipinski definition) is 5. The van der Waals surface area contributed by atoms with Gasteiger partial charge in [-0.15, -0.1) is 0 Å². The van der Waals surface area contributed by atoms with Crippen molar-refractivity contribution >= 4 is 17.8 Å². The Bertz CT molecular complexity index is 627. The molecule has 0 aliphatic rings. The standard InChI is InChI=1S/C15H16F3NO5/c1-7(4-11(20)23-2)13(15(22)24-3)19-14(21)12-9(17)5-8(16)6-10(12)18/h5-7,13H,4H2,1-3H3,(H,19,21)/t7-,13-/m0/s1. The van der Waals surface area contributed by atoms with Gasteiger partial charge in [0.1, 0.15) is 29.1 Å². The molecule has 0 saturated carbocycles. The van der Waals surface area contributed by atoms with E-state index in [0.717, 1.165) is 14.2 Å². The van der Waals surface area contributed by atoms with E-state index in [2.05, 4.69) is 14.8 Å². The molecule has 9 heteroatoms. The molecule has 0 heterocycles. The zero-order valence-electron chi connectivity index (χ0n) is 13.2. The first-order valence-corrected chi connectivity index (χ1v) is 6.81. The van der Waals surface area contributed by atoms with E-state index in [0.29, 0.717) is 12.1 Å². The normalized spacial score (nSPS) is 12.9. The van der Waals surface area contributed by atoms with Crippen molar-refractivity contribution in [2.75, 3.05) is 14.2 Å². The van der Waals surface area contributed by atoms with Crippen LogP contribution in [0.3, 0.4) is 0 Å². The molecule has 1 N–H and O–H groups in total. The minimum Gasteiger partial charge on any atom is -0.469 e. The smallest absolute Gasteiger partial charge is 0.328 e. The molecule has 0 bridgehead atoms. The number of amides is 1. The summed E-state index contributed by atoms with van der Waals surface area (Å²) in [7, 11) is 2.19. The molecule has 2 atom stereocenters. The van der Waals surface area contributed by atoms with Gasteiger partial charge < -0.3 is 14.8 Å². The van der Waals surface area contributed by atoms with Crippen molar-refractivity contribution in [3.63, 3.8) is 0 Å². The predicted molar refractivity (Wildman–Crippen MR) is 75.4 cm³/mol. The molecule has 132 valence electrons. The lowest BCUT2D eigenvalue weighted by Crippen LogP contribution is -2.46. The molecule has 0 aromatic heterocycles. The van der Waals surface area contributed by atoms with Gasteiger partial charge in [-0.2, -0.15) is 0 Å². The number of ether oxygens (including phenoxy) is 2. The summed E-state index contributed by atoms with van der Waals surface area (Å²) in [6.07, 6.45) is -0.245. The van der Waals surface area contributed by atoms with Crippen LogP contribution in [0.1, 0.15) is 23.7 Å². The molecule has 1 rings (SSSR count). The average molecular weight is 347 g/mol. The topological polar surface area (TPSA) is 81.7 Å². The molecule has 0 radical (unpaired) electrons. The molecular weight excluding hydrogens is 331 g/mol. The monoisotopic (exact) mass is 347 g/mol. The lowest BCUT2D eigenvalue weighted by Gasteiger charge is -2.22. The molecule has 6 nitrogen and oxygen atoms in total. The summed E-state index contributed by atoms with van der Waals surface area (Å²) in [5, 5.41) is 2.09. The SMILES string of the molecule is COC(=O)C[C@H](C)[C@H](NC(=O)c1c(F)cc(F)cc1F)C(=O)OC. The van der Waals surface area contributed by atoms with E-state index in [1.54, 1.807) is 0 Å². The minimum absolute atomic E-state index is 0.245. The van der Waals surface area contributed by atoms with E-state index < -0.39 is 52.8 Å². The second-order valence-electron chi connectivity index (χ2n) is 4.98. The van der Waals surface area contributed by atoms with Gasteiger partial charge >= 0.3 is 11.9 Å². The van der Waals surface area contributed by atoms with Gasteiger partial charge in [0.25, 0.3) is 5.91 Å². The van der Waals surface area contributed by atoms with E-state index >= 15 is 0 Å². The summed E-state index contributed by atoms with van der Waals surface area (Å²) in [5.74, 6) is -7.65. The largest absolute Gasteiger partial charge is 0.469 e. The Hall–Kier alpha value is -2.58. The lowest BCUT2D eigenvalue weighted by molar-refractivity contribution is -0.146. The van der Waals surface area contributed by atoms with Crippen molar-refractivity contribution in [2.45, 2.75) is 19.4 Å². The first-order chi connectivity index (χ1) is 11.2. The Morgan fingerprint density at radius 3 is 2.08 bits per heavy atom. The van der Waals surface area contributed by atoms with Crippen LogP contribution in [0.2, 0.25) is 0 Å². The van der Waals surface area contributed by atoms with E-state index in [-0.39, 0.29) is 6.42 Å². The molecular formula is C15H16F3NO5. The second kappa shape index (κ2) is 8.32. The molecule has 24 heavy (non-hydrogen) atoms. The van der Waals surface area contributed by atoms with E-state index in [4.69, 9.17) is 0 Å². The summed E-state index contributed by atoms with van der Waals surface area (Å²) < 4.78 is 49.1. The van der Waals surface area contributed by atoms with Gasteiger partial charge in [-0.05, 0) is 5.92 Å². The molecule has 0 spiro atoms. The number of nitrogens with one attached hydrogen (secondary N) is 1. The Morgan fingerprint density at radius 1 is 1.08 bits per heavy atom. The molecule has 0 fully saturated rings. The summed E-state index contributed by atoms with van der Waals surface area (Å²) >= 11 is 0. The van der Waals surface area contributed by atoms with Crippen LogP contribution in [0, 0.1) is 23.4 Å². The Labute approximate surface area is 135 Å². The molecule has 0 unspecified atom stereocenters. The molecule has 1 amide bonds. The zero-order chi connectivity index (χ0) is 18.4. The van der Waals surface area contributed by atoms with Crippen molar-refractivity contribution in [1.29, 1.82) is 0 Å². The van der Waals surface area contributed by atoms with Crippen molar-refractivity contribution < 1.29 is 37.0 Å². The highest BCUT2D eigenvalue weighted by atomic mass is 19.1. The number of esters is 2. The van der Waals surface area contributed by atoms with Crippen molar-refractivity contribution in [1.82, 2.24) is 5.32 Å². The molecule has 0 aliphatic heterocycles. The van der Waals surface area contributed by atoms with Crippen LogP contribution >= 0.6 is 0 Å². The number of methoxy groups -OCH3 is 2. The van der Waals surface area contributed by atoms with Gasteiger partial charge in [0.05, 0.1) is 20.6 Å². The van der Waals surface area contributed by atoms with E-state index in [1.165, 1.54) is 6.92 Å². The van der Waals surface area contributed by atoms with Gasteiger partial charge in [0.2, 0.25) is 0 Å². The van der Waals surface area contributed by atoms with Crippen molar-refractivity contribution in [3.8, 4) is 0 Å².